The first-order valence-corrected chi connectivity index (χ1v) is 5.18. The maximum atomic E-state index is 10.6. The summed E-state index contributed by atoms with van der Waals surface area (Å²) in [5.41, 5.74) is 0.919. The molecular weight excluding hydrogens is 208 g/mol. The van der Waals surface area contributed by atoms with Crippen molar-refractivity contribution in [3.05, 3.63) is 23.2 Å². The maximum absolute atomic E-state index is 10.6. The second-order valence-corrected chi connectivity index (χ2v) is 3.96. The highest BCUT2D eigenvalue weighted by molar-refractivity contribution is 7.20. The Morgan fingerprint density at radius 3 is 3.27 bits per heavy atom. The van der Waals surface area contributed by atoms with Crippen molar-refractivity contribution in [1.82, 2.24) is 4.98 Å². The average Bonchev–Trinajstić information content (AvgIpc) is 2.69. The third kappa shape index (κ3) is 1.83. The Labute approximate surface area is 91.1 Å². The minimum absolute atomic E-state index is 0.464. The van der Waals surface area contributed by atoms with Crippen molar-refractivity contribution in [2.75, 3.05) is 11.9 Å². The molecule has 1 N–H and O–H groups in total. The highest BCUT2D eigenvalue weighted by atomic mass is 32.1. The maximum Gasteiger partial charge on any atom is 0.160 e. The molecule has 0 spiro atoms. The molecule has 0 unspecified atom stereocenters. The number of aldehydes is 1. The molecule has 0 aliphatic carbocycles. The SMILES string of the molecule is C#CCNc1ccnc2sc(C=O)cc12. The predicted octanol–water partition coefficient (Wildman–Crippen LogP) is 2.15. The van der Waals surface area contributed by atoms with Crippen molar-refractivity contribution < 1.29 is 4.79 Å². The van der Waals surface area contributed by atoms with Gasteiger partial charge in [0, 0.05) is 17.3 Å². The molecule has 3 nitrogen and oxygen atoms in total. The van der Waals surface area contributed by atoms with Crippen LogP contribution in [0, 0.1) is 12.3 Å². The molecule has 15 heavy (non-hydrogen) atoms. The largest absolute Gasteiger partial charge is 0.374 e. The van der Waals surface area contributed by atoms with Crippen LogP contribution in [0.1, 0.15) is 9.67 Å². The van der Waals surface area contributed by atoms with Gasteiger partial charge in [0.25, 0.3) is 0 Å². The van der Waals surface area contributed by atoms with E-state index in [-0.39, 0.29) is 0 Å². The van der Waals surface area contributed by atoms with Gasteiger partial charge in [-0.15, -0.1) is 17.8 Å². The van der Waals surface area contributed by atoms with Crippen LogP contribution >= 0.6 is 11.3 Å². The minimum atomic E-state index is 0.464. The first-order chi connectivity index (χ1) is 7.35. The molecule has 2 rings (SSSR count). The summed E-state index contributed by atoms with van der Waals surface area (Å²) in [6, 6.07) is 3.67. The van der Waals surface area contributed by atoms with Gasteiger partial charge < -0.3 is 5.32 Å². The fraction of sp³-hybridized carbons (Fsp3) is 0.0909. The molecule has 0 radical (unpaired) electrons. The van der Waals surface area contributed by atoms with Gasteiger partial charge in [0.2, 0.25) is 0 Å². The number of terminal acetylenes is 1. The summed E-state index contributed by atoms with van der Waals surface area (Å²) in [6.07, 6.45) is 7.70. The lowest BCUT2D eigenvalue weighted by Crippen LogP contribution is -1.98. The highest BCUT2D eigenvalue weighted by Crippen LogP contribution is 2.28. The van der Waals surface area contributed by atoms with Crippen molar-refractivity contribution in [2.24, 2.45) is 0 Å². The number of aromatic nitrogens is 1. The van der Waals surface area contributed by atoms with Gasteiger partial charge in [-0.2, -0.15) is 0 Å². The van der Waals surface area contributed by atoms with Crippen LogP contribution in [0.3, 0.4) is 0 Å². The number of rotatable bonds is 3. The van der Waals surface area contributed by atoms with Crippen LogP contribution in [-0.4, -0.2) is 17.8 Å². The molecule has 0 saturated heterocycles. The monoisotopic (exact) mass is 216 g/mol. The lowest BCUT2D eigenvalue weighted by atomic mass is 10.2. The molecule has 2 heterocycles. The Morgan fingerprint density at radius 2 is 2.53 bits per heavy atom. The molecule has 0 amide bonds. The Bertz CT molecular complexity index is 539. The van der Waals surface area contributed by atoms with Gasteiger partial charge in [0.15, 0.2) is 6.29 Å². The van der Waals surface area contributed by atoms with Gasteiger partial charge in [-0.05, 0) is 12.1 Å². The van der Waals surface area contributed by atoms with Gasteiger partial charge in [-0.25, -0.2) is 4.98 Å². The number of hydrogen-bond donors (Lipinski definition) is 1. The molecular formula is C11H8N2OS. The number of pyridine rings is 1. The van der Waals surface area contributed by atoms with E-state index in [0.717, 1.165) is 22.2 Å². The number of anilines is 1. The third-order valence-corrected chi connectivity index (χ3v) is 2.92. The zero-order chi connectivity index (χ0) is 10.7. The summed E-state index contributed by atoms with van der Waals surface area (Å²) >= 11 is 1.37. The van der Waals surface area contributed by atoms with Gasteiger partial charge >= 0.3 is 0 Å². The second-order valence-electron chi connectivity index (χ2n) is 2.90. The first kappa shape index (κ1) is 9.69. The molecule has 74 valence electrons. The summed E-state index contributed by atoms with van der Waals surface area (Å²) in [5, 5.41) is 4.03. The van der Waals surface area contributed by atoms with Crippen molar-refractivity contribution in [1.29, 1.82) is 0 Å². The summed E-state index contributed by atoms with van der Waals surface area (Å²) in [7, 11) is 0. The third-order valence-electron chi connectivity index (χ3n) is 1.95. The van der Waals surface area contributed by atoms with E-state index in [4.69, 9.17) is 6.42 Å². The van der Waals surface area contributed by atoms with Gasteiger partial charge in [-0.3, -0.25) is 4.79 Å². The molecule has 0 atom stereocenters. The van der Waals surface area contributed by atoms with E-state index in [1.165, 1.54) is 11.3 Å². The fourth-order valence-electron chi connectivity index (χ4n) is 1.32. The van der Waals surface area contributed by atoms with Crippen LogP contribution in [0.2, 0.25) is 0 Å². The summed E-state index contributed by atoms with van der Waals surface area (Å²) in [4.78, 5) is 16.3. The summed E-state index contributed by atoms with van der Waals surface area (Å²) in [5.74, 6) is 2.50. The number of carbonyl (C=O) groups is 1. The van der Waals surface area contributed by atoms with Crippen molar-refractivity contribution in [2.45, 2.75) is 0 Å². The van der Waals surface area contributed by atoms with Crippen molar-refractivity contribution in [3.8, 4) is 12.3 Å². The minimum Gasteiger partial charge on any atom is -0.374 e. The molecule has 0 saturated carbocycles. The average molecular weight is 216 g/mol. The second kappa shape index (κ2) is 4.11. The van der Waals surface area contributed by atoms with Crippen LogP contribution in [0.15, 0.2) is 18.3 Å². The molecule has 2 aromatic heterocycles. The van der Waals surface area contributed by atoms with Gasteiger partial charge in [0.1, 0.15) is 4.83 Å². The normalized spacial score (nSPS) is 9.80. The van der Waals surface area contributed by atoms with E-state index < -0.39 is 0 Å². The van der Waals surface area contributed by atoms with Crippen molar-refractivity contribution in [3.63, 3.8) is 0 Å². The van der Waals surface area contributed by atoms with E-state index in [1.807, 2.05) is 12.1 Å². The van der Waals surface area contributed by atoms with E-state index in [0.29, 0.717) is 11.4 Å². The Hall–Kier alpha value is -1.86. The van der Waals surface area contributed by atoms with Gasteiger partial charge in [0.05, 0.1) is 11.4 Å². The lowest BCUT2D eigenvalue weighted by molar-refractivity contribution is 0.112. The van der Waals surface area contributed by atoms with E-state index in [2.05, 4.69) is 16.2 Å². The van der Waals surface area contributed by atoms with Crippen LogP contribution in [-0.2, 0) is 0 Å². The number of thiophene rings is 1. The van der Waals surface area contributed by atoms with Crippen molar-refractivity contribution >= 4 is 33.5 Å². The van der Waals surface area contributed by atoms with Crippen LogP contribution < -0.4 is 5.32 Å². The Kier molecular flexibility index (Phi) is 2.66. The molecule has 0 bridgehead atoms. The molecule has 0 fully saturated rings. The lowest BCUT2D eigenvalue weighted by Gasteiger charge is -2.02. The Balaban J connectivity index is 2.50. The highest BCUT2D eigenvalue weighted by Gasteiger charge is 2.05. The summed E-state index contributed by atoms with van der Waals surface area (Å²) in [6.45, 7) is 0.464. The zero-order valence-corrected chi connectivity index (χ0v) is 8.67. The molecule has 0 aromatic carbocycles. The predicted molar refractivity (Wildman–Crippen MR) is 62.3 cm³/mol. The van der Waals surface area contributed by atoms with E-state index in [1.54, 1.807) is 6.20 Å². The standard InChI is InChI=1S/C11H8N2OS/c1-2-4-12-10-3-5-13-11-9(10)6-8(7-14)15-11/h1,3,5-7H,4H2,(H,12,13). The van der Waals surface area contributed by atoms with Crippen LogP contribution in [0.5, 0.6) is 0 Å². The van der Waals surface area contributed by atoms with E-state index >= 15 is 0 Å². The van der Waals surface area contributed by atoms with E-state index in [9.17, 15) is 4.79 Å². The molecule has 4 heteroatoms. The molecule has 2 aromatic rings. The Morgan fingerprint density at radius 1 is 1.67 bits per heavy atom. The topological polar surface area (TPSA) is 42.0 Å². The smallest absolute Gasteiger partial charge is 0.160 e. The number of nitrogens with one attached hydrogen (secondary N) is 1. The number of nitrogens with zero attached hydrogens (tertiary/aromatic N) is 1. The van der Waals surface area contributed by atoms with Crippen LogP contribution in [0.4, 0.5) is 5.69 Å². The number of fused-ring (bicyclic) bond motifs is 1. The molecule has 0 aliphatic heterocycles. The molecule has 0 aliphatic rings. The first-order valence-electron chi connectivity index (χ1n) is 4.36. The quantitative estimate of drug-likeness (QED) is 0.631. The number of carbonyl (C=O) groups excluding carboxylic acids is 1. The van der Waals surface area contributed by atoms with Crippen LogP contribution in [0.25, 0.3) is 10.2 Å². The number of hydrogen-bond acceptors (Lipinski definition) is 4. The zero-order valence-electron chi connectivity index (χ0n) is 7.86. The fourth-order valence-corrected chi connectivity index (χ4v) is 2.16. The summed E-state index contributed by atoms with van der Waals surface area (Å²) < 4.78 is 0. The van der Waals surface area contributed by atoms with Gasteiger partial charge in [-0.1, -0.05) is 5.92 Å².